The summed E-state index contributed by atoms with van der Waals surface area (Å²) in [7, 11) is 1.54. The Labute approximate surface area is 134 Å². The summed E-state index contributed by atoms with van der Waals surface area (Å²) in [5, 5.41) is 15.1. The minimum Gasteiger partial charge on any atom is -0.497 e. The fourth-order valence-corrected chi connectivity index (χ4v) is 2.07. The first-order valence-corrected chi connectivity index (χ1v) is 7.04. The summed E-state index contributed by atoms with van der Waals surface area (Å²) in [6.07, 6.45) is -0.314. The quantitative estimate of drug-likeness (QED) is 0.679. The second-order valence-electron chi connectivity index (χ2n) is 4.85. The molecule has 6 nitrogen and oxygen atoms in total. The van der Waals surface area contributed by atoms with Gasteiger partial charge in [-0.25, -0.2) is 0 Å². The average molecular weight is 314 g/mol. The zero-order valence-corrected chi connectivity index (χ0v) is 12.7. The molecule has 3 N–H and O–H groups in total. The highest BCUT2D eigenvalue weighted by molar-refractivity contribution is 6.04. The average Bonchev–Trinajstić information content (AvgIpc) is 2.59. The number of aliphatic hydroxyl groups excluding tert-OH is 1. The second-order valence-corrected chi connectivity index (χ2v) is 4.85. The highest BCUT2D eigenvalue weighted by Gasteiger charge is 2.10. The van der Waals surface area contributed by atoms with Crippen molar-refractivity contribution in [3.63, 3.8) is 0 Å². The van der Waals surface area contributed by atoms with E-state index in [4.69, 9.17) is 4.74 Å². The Bertz CT molecular complexity index is 688. The number of rotatable bonds is 7. The summed E-state index contributed by atoms with van der Waals surface area (Å²) in [6.45, 7) is 0.108. The maximum absolute atomic E-state index is 12.2. The molecule has 2 aromatic rings. The van der Waals surface area contributed by atoms with Gasteiger partial charge in [0.15, 0.2) is 0 Å². The van der Waals surface area contributed by atoms with Crippen molar-refractivity contribution in [1.82, 2.24) is 5.32 Å². The predicted octanol–water partition coefficient (Wildman–Crippen LogP) is 1.73. The molecule has 2 rings (SSSR count). The highest BCUT2D eigenvalue weighted by Crippen LogP contribution is 2.19. The van der Waals surface area contributed by atoms with Crippen LogP contribution in [0.1, 0.15) is 22.0 Å². The van der Waals surface area contributed by atoms with E-state index < -0.39 is 6.10 Å². The van der Waals surface area contributed by atoms with Gasteiger partial charge in [-0.15, -0.1) is 0 Å². The molecule has 0 radical (unpaired) electrons. The van der Waals surface area contributed by atoms with E-state index in [1.165, 1.54) is 7.11 Å². The summed E-state index contributed by atoms with van der Waals surface area (Å²) in [5.41, 5.74) is 1.63. The fraction of sp³-hybridized carbons (Fsp3) is 0.176. The third-order valence-electron chi connectivity index (χ3n) is 3.26. The van der Waals surface area contributed by atoms with Crippen LogP contribution in [0.25, 0.3) is 0 Å². The van der Waals surface area contributed by atoms with Gasteiger partial charge in [0.05, 0.1) is 13.2 Å². The molecule has 6 heteroatoms. The van der Waals surface area contributed by atoms with Crippen molar-refractivity contribution in [3.8, 4) is 5.75 Å². The zero-order valence-electron chi connectivity index (χ0n) is 12.7. The van der Waals surface area contributed by atoms with Gasteiger partial charge in [-0.05, 0) is 35.9 Å². The minimum atomic E-state index is -0.839. The van der Waals surface area contributed by atoms with Crippen LogP contribution in [0.15, 0.2) is 48.5 Å². The van der Waals surface area contributed by atoms with Gasteiger partial charge in [-0.3, -0.25) is 9.59 Å². The van der Waals surface area contributed by atoms with E-state index in [1.54, 1.807) is 48.5 Å². The van der Waals surface area contributed by atoms with Crippen molar-refractivity contribution in [1.29, 1.82) is 0 Å². The number of hydrogen-bond donors (Lipinski definition) is 3. The molecule has 0 heterocycles. The van der Waals surface area contributed by atoms with Crippen LogP contribution in [0.3, 0.4) is 0 Å². The topological polar surface area (TPSA) is 87.7 Å². The molecule has 0 spiro atoms. The first-order chi connectivity index (χ1) is 11.1. The number of carbonyl (C=O) groups is 2. The first-order valence-electron chi connectivity index (χ1n) is 7.04. The normalized spacial score (nSPS) is 11.4. The molecule has 2 amide bonds. The number of nitrogens with one attached hydrogen (secondary N) is 2. The zero-order chi connectivity index (χ0) is 16.7. The summed E-state index contributed by atoms with van der Waals surface area (Å²) >= 11 is 0. The van der Waals surface area contributed by atoms with Crippen LogP contribution in [0.5, 0.6) is 5.75 Å². The number of aliphatic hydroxyl groups is 1. The molecule has 23 heavy (non-hydrogen) atoms. The maximum atomic E-state index is 12.2. The van der Waals surface area contributed by atoms with Crippen molar-refractivity contribution in [2.45, 2.75) is 6.10 Å². The molecule has 0 aliphatic carbocycles. The Hall–Kier alpha value is -2.86. The van der Waals surface area contributed by atoms with Crippen molar-refractivity contribution < 1.29 is 19.4 Å². The molecule has 1 unspecified atom stereocenters. The van der Waals surface area contributed by atoms with E-state index in [2.05, 4.69) is 10.6 Å². The Morgan fingerprint density at radius 1 is 1.26 bits per heavy atom. The molecular weight excluding hydrogens is 296 g/mol. The van der Waals surface area contributed by atoms with Crippen LogP contribution in [0, 0.1) is 0 Å². The lowest BCUT2D eigenvalue weighted by Gasteiger charge is -2.12. The van der Waals surface area contributed by atoms with Crippen LogP contribution in [0.4, 0.5) is 5.69 Å². The van der Waals surface area contributed by atoms with Gasteiger partial charge in [0, 0.05) is 17.8 Å². The van der Waals surface area contributed by atoms with E-state index >= 15 is 0 Å². The van der Waals surface area contributed by atoms with E-state index in [0.29, 0.717) is 29.0 Å². The Morgan fingerprint density at radius 3 is 2.78 bits per heavy atom. The van der Waals surface area contributed by atoms with Crippen molar-refractivity contribution in [3.05, 3.63) is 59.7 Å². The lowest BCUT2D eigenvalue weighted by molar-refractivity contribution is -0.109. The van der Waals surface area contributed by atoms with Crippen molar-refractivity contribution in [2.24, 2.45) is 0 Å². The molecule has 0 aromatic heterocycles. The summed E-state index contributed by atoms with van der Waals surface area (Å²) < 4.78 is 5.09. The largest absolute Gasteiger partial charge is 0.497 e. The van der Waals surface area contributed by atoms with Gasteiger partial charge < -0.3 is 20.5 Å². The number of ether oxygens (including phenoxy) is 1. The highest BCUT2D eigenvalue weighted by atomic mass is 16.5. The van der Waals surface area contributed by atoms with E-state index in [-0.39, 0.29) is 12.5 Å². The first kappa shape index (κ1) is 16.5. The number of methoxy groups -OCH3 is 1. The molecule has 1 atom stereocenters. The number of hydrogen-bond acceptors (Lipinski definition) is 4. The van der Waals surface area contributed by atoms with Gasteiger partial charge in [0.2, 0.25) is 6.41 Å². The molecule has 2 aromatic carbocycles. The molecule has 0 saturated carbocycles. The smallest absolute Gasteiger partial charge is 0.255 e. The third-order valence-corrected chi connectivity index (χ3v) is 3.26. The fourth-order valence-electron chi connectivity index (χ4n) is 2.07. The van der Waals surface area contributed by atoms with Crippen molar-refractivity contribution >= 4 is 18.0 Å². The maximum Gasteiger partial charge on any atom is 0.255 e. The minimum absolute atomic E-state index is 0.108. The Morgan fingerprint density at radius 2 is 2.04 bits per heavy atom. The van der Waals surface area contributed by atoms with Gasteiger partial charge in [-0.1, -0.05) is 18.2 Å². The second kappa shape index (κ2) is 7.95. The van der Waals surface area contributed by atoms with E-state index in [0.717, 1.165) is 0 Å². The van der Waals surface area contributed by atoms with Gasteiger partial charge in [0.1, 0.15) is 5.75 Å². The van der Waals surface area contributed by atoms with Gasteiger partial charge in [-0.2, -0.15) is 0 Å². The number of benzene rings is 2. The predicted molar refractivity (Wildman–Crippen MR) is 86.4 cm³/mol. The summed E-state index contributed by atoms with van der Waals surface area (Å²) in [6, 6.07) is 13.6. The van der Waals surface area contributed by atoms with Crippen LogP contribution >= 0.6 is 0 Å². The number of carbonyl (C=O) groups excluding carboxylic acids is 2. The molecule has 0 aliphatic rings. The standard InChI is InChI=1S/C17H18N2O4/c1-23-15-7-3-5-13(9-15)17(22)19-14-6-2-4-12(8-14)16(21)10-18-11-20/h2-9,11,16,21H,10H2,1H3,(H,18,20)(H,19,22). The van der Waals surface area contributed by atoms with Crippen LogP contribution in [-0.4, -0.2) is 31.1 Å². The molecule has 0 bridgehead atoms. The van der Waals surface area contributed by atoms with Crippen LogP contribution < -0.4 is 15.4 Å². The Kier molecular flexibility index (Phi) is 5.71. The molecule has 120 valence electrons. The molecular formula is C17H18N2O4. The van der Waals surface area contributed by atoms with Crippen LogP contribution in [-0.2, 0) is 4.79 Å². The molecule has 0 fully saturated rings. The lowest BCUT2D eigenvalue weighted by atomic mass is 10.1. The SMILES string of the molecule is COc1cccc(C(=O)Nc2cccc(C(O)CNC=O)c2)c1. The number of amides is 2. The monoisotopic (exact) mass is 314 g/mol. The summed E-state index contributed by atoms with van der Waals surface area (Å²) in [4.78, 5) is 22.5. The van der Waals surface area contributed by atoms with Crippen molar-refractivity contribution in [2.75, 3.05) is 19.0 Å². The molecule has 0 aliphatic heterocycles. The van der Waals surface area contributed by atoms with Gasteiger partial charge in [0.25, 0.3) is 5.91 Å². The number of anilines is 1. The van der Waals surface area contributed by atoms with Crippen LogP contribution in [0.2, 0.25) is 0 Å². The summed E-state index contributed by atoms with van der Waals surface area (Å²) in [5.74, 6) is 0.323. The third kappa shape index (κ3) is 4.55. The van der Waals surface area contributed by atoms with E-state index in [1.807, 2.05) is 0 Å². The molecule has 0 saturated heterocycles. The van der Waals surface area contributed by atoms with Gasteiger partial charge >= 0.3 is 0 Å². The Balaban J connectivity index is 2.10. The van der Waals surface area contributed by atoms with E-state index in [9.17, 15) is 14.7 Å². The lowest BCUT2D eigenvalue weighted by Crippen LogP contribution is -2.19.